The van der Waals surface area contributed by atoms with Gasteiger partial charge in [-0.2, -0.15) is 0 Å². The van der Waals surface area contributed by atoms with E-state index in [1.54, 1.807) is 0 Å². The Hall–Kier alpha value is -0.420. The summed E-state index contributed by atoms with van der Waals surface area (Å²) >= 11 is 0. The lowest BCUT2D eigenvalue weighted by molar-refractivity contribution is -0.137. The minimum absolute atomic E-state index is 0.0723. The first-order chi connectivity index (χ1) is 7.52. The van der Waals surface area contributed by atoms with Crippen LogP contribution in [0.25, 0.3) is 0 Å². The van der Waals surface area contributed by atoms with Gasteiger partial charge >= 0.3 is 5.97 Å². The molecule has 4 nitrogen and oxygen atoms in total. The molecule has 1 rings (SSSR count). The maximum absolute atomic E-state index is 11.9. The standard InChI is InChI=1S/C11H21NO3S/c1-9(2)10(11(13)14)16(15)8-7-12-5-3-4-6-12/h9-10H,3-8H2,1-2H3,(H,13,14). The lowest BCUT2D eigenvalue weighted by Gasteiger charge is -2.18. The van der Waals surface area contributed by atoms with E-state index in [9.17, 15) is 9.00 Å². The summed E-state index contributed by atoms with van der Waals surface area (Å²) in [5.41, 5.74) is 0. The zero-order chi connectivity index (χ0) is 12.1. The van der Waals surface area contributed by atoms with Gasteiger partial charge in [0, 0.05) is 23.1 Å². The van der Waals surface area contributed by atoms with Gasteiger partial charge in [-0.15, -0.1) is 0 Å². The number of likely N-dealkylation sites (tertiary alicyclic amines) is 1. The zero-order valence-corrected chi connectivity index (χ0v) is 10.8. The molecule has 1 N–H and O–H groups in total. The van der Waals surface area contributed by atoms with Crippen LogP contribution in [0.3, 0.4) is 0 Å². The van der Waals surface area contributed by atoms with Gasteiger partial charge in [0.25, 0.3) is 0 Å². The van der Waals surface area contributed by atoms with E-state index in [-0.39, 0.29) is 5.92 Å². The van der Waals surface area contributed by atoms with E-state index < -0.39 is 22.0 Å². The van der Waals surface area contributed by atoms with Gasteiger partial charge in [-0.05, 0) is 31.8 Å². The molecule has 0 saturated carbocycles. The lowest BCUT2D eigenvalue weighted by Crippen LogP contribution is -2.35. The third kappa shape index (κ3) is 3.87. The van der Waals surface area contributed by atoms with Crippen molar-refractivity contribution in [2.24, 2.45) is 5.92 Å². The monoisotopic (exact) mass is 247 g/mol. The van der Waals surface area contributed by atoms with Crippen molar-refractivity contribution in [3.8, 4) is 0 Å². The molecule has 1 fully saturated rings. The van der Waals surface area contributed by atoms with Crippen LogP contribution in [-0.2, 0) is 15.6 Å². The molecule has 0 aliphatic carbocycles. The van der Waals surface area contributed by atoms with E-state index >= 15 is 0 Å². The van der Waals surface area contributed by atoms with Gasteiger partial charge in [-0.1, -0.05) is 13.8 Å². The van der Waals surface area contributed by atoms with Crippen LogP contribution in [0.15, 0.2) is 0 Å². The van der Waals surface area contributed by atoms with Crippen LogP contribution >= 0.6 is 0 Å². The van der Waals surface area contributed by atoms with Crippen molar-refractivity contribution >= 4 is 16.8 Å². The summed E-state index contributed by atoms with van der Waals surface area (Å²) in [6.07, 6.45) is 2.42. The Balaban J connectivity index is 2.39. The predicted octanol–water partition coefficient (Wildman–Crippen LogP) is 0.940. The molecule has 5 heteroatoms. The summed E-state index contributed by atoms with van der Waals surface area (Å²) in [5.74, 6) is -0.526. The molecule has 16 heavy (non-hydrogen) atoms. The molecule has 0 spiro atoms. The SMILES string of the molecule is CC(C)C(C(=O)O)S(=O)CCN1CCCC1. The van der Waals surface area contributed by atoms with Crippen LogP contribution in [-0.4, -0.2) is 50.8 Å². The van der Waals surface area contributed by atoms with Gasteiger partial charge in [0.15, 0.2) is 0 Å². The summed E-state index contributed by atoms with van der Waals surface area (Å²) in [4.78, 5) is 13.2. The Morgan fingerprint density at radius 3 is 2.38 bits per heavy atom. The van der Waals surface area contributed by atoms with Crippen molar-refractivity contribution in [1.29, 1.82) is 0 Å². The van der Waals surface area contributed by atoms with Gasteiger partial charge in [0.1, 0.15) is 5.25 Å². The van der Waals surface area contributed by atoms with E-state index in [0.717, 1.165) is 19.6 Å². The van der Waals surface area contributed by atoms with Crippen molar-refractivity contribution in [2.45, 2.75) is 31.9 Å². The van der Waals surface area contributed by atoms with Gasteiger partial charge in [-0.25, -0.2) is 0 Å². The number of carboxylic acids is 1. The average molecular weight is 247 g/mol. The summed E-state index contributed by atoms with van der Waals surface area (Å²) in [7, 11) is -1.26. The van der Waals surface area contributed by atoms with Crippen LogP contribution in [0.5, 0.6) is 0 Å². The van der Waals surface area contributed by atoms with Crippen molar-refractivity contribution in [2.75, 3.05) is 25.4 Å². The van der Waals surface area contributed by atoms with E-state index in [1.807, 2.05) is 13.8 Å². The van der Waals surface area contributed by atoms with Crippen LogP contribution in [0.4, 0.5) is 0 Å². The smallest absolute Gasteiger partial charge is 0.319 e. The number of nitrogens with zero attached hydrogens (tertiary/aromatic N) is 1. The molecular weight excluding hydrogens is 226 g/mol. The first-order valence-corrected chi connectivity index (χ1v) is 7.23. The Morgan fingerprint density at radius 1 is 1.38 bits per heavy atom. The number of hydrogen-bond acceptors (Lipinski definition) is 3. The molecule has 0 radical (unpaired) electrons. The van der Waals surface area contributed by atoms with Crippen LogP contribution in [0.1, 0.15) is 26.7 Å². The Morgan fingerprint density at radius 2 is 1.94 bits per heavy atom. The Labute approximate surface area is 99.5 Å². The van der Waals surface area contributed by atoms with Crippen molar-refractivity contribution < 1.29 is 14.1 Å². The van der Waals surface area contributed by atoms with Gasteiger partial charge in [0.05, 0.1) is 0 Å². The highest BCUT2D eigenvalue weighted by Gasteiger charge is 2.28. The fourth-order valence-electron chi connectivity index (χ4n) is 2.05. The number of hydrogen-bond donors (Lipinski definition) is 1. The summed E-state index contributed by atoms with van der Waals surface area (Å²) in [6.45, 7) is 6.52. The molecule has 2 atom stereocenters. The Bertz CT molecular complexity index is 262. The predicted molar refractivity (Wildman–Crippen MR) is 64.9 cm³/mol. The number of rotatable bonds is 6. The van der Waals surface area contributed by atoms with Crippen LogP contribution < -0.4 is 0 Å². The summed E-state index contributed by atoms with van der Waals surface area (Å²) in [5, 5.41) is 8.28. The molecule has 94 valence electrons. The second kappa shape index (κ2) is 6.35. The zero-order valence-electron chi connectivity index (χ0n) is 10.0. The molecule has 0 bridgehead atoms. The highest BCUT2D eigenvalue weighted by atomic mass is 32.2. The lowest BCUT2D eigenvalue weighted by atomic mass is 10.1. The minimum Gasteiger partial charge on any atom is -0.480 e. The quantitative estimate of drug-likeness (QED) is 0.759. The second-order valence-corrected chi connectivity index (χ2v) is 6.31. The normalized spacial score (nSPS) is 21.2. The second-order valence-electron chi connectivity index (χ2n) is 4.64. The summed E-state index contributed by atoms with van der Waals surface area (Å²) in [6, 6.07) is 0. The molecule has 1 aliphatic rings. The van der Waals surface area contributed by atoms with Crippen molar-refractivity contribution in [3.05, 3.63) is 0 Å². The molecule has 1 saturated heterocycles. The minimum atomic E-state index is -1.26. The molecule has 2 unspecified atom stereocenters. The third-order valence-corrected chi connectivity index (χ3v) is 4.84. The van der Waals surface area contributed by atoms with Crippen molar-refractivity contribution in [3.63, 3.8) is 0 Å². The van der Waals surface area contributed by atoms with Crippen molar-refractivity contribution in [1.82, 2.24) is 4.90 Å². The van der Waals surface area contributed by atoms with E-state index in [0.29, 0.717) is 5.75 Å². The van der Waals surface area contributed by atoms with Gasteiger partial charge < -0.3 is 10.0 Å². The Kier molecular flexibility index (Phi) is 5.41. The molecule has 0 amide bonds. The fourth-order valence-corrected chi connectivity index (χ4v) is 3.58. The first-order valence-electron chi connectivity index (χ1n) is 5.84. The van der Waals surface area contributed by atoms with Gasteiger partial charge in [-0.3, -0.25) is 9.00 Å². The van der Waals surface area contributed by atoms with E-state index in [2.05, 4.69) is 4.90 Å². The number of carbonyl (C=O) groups is 1. The highest BCUT2D eigenvalue weighted by Crippen LogP contribution is 2.12. The maximum atomic E-state index is 11.9. The highest BCUT2D eigenvalue weighted by molar-refractivity contribution is 7.86. The molecule has 0 aromatic heterocycles. The maximum Gasteiger partial charge on any atom is 0.319 e. The molecule has 1 aliphatic heterocycles. The van der Waals surface area contributed by atoms with Crippen LogP contribution in [0.2, 0.25) is 0 Å². The van der Waals surface area contributed by atoms with Gasteiger partial charge in [0.2, 0.25) is 0 Å². The molecule has 0 aromatic carbocycles. The first kappa shape index (κ1) is 13.6. The average Bonchev–Trinajstić information content (AvgIpc) is 2.65. The van der Waals surface area contributed by atoms with Crippen LogP contribution in [0, 0.1) is 5.92 Å². The third-order valence-electron chi connectivity index (χ3n) is 2.94. The number of carboxylic acid groups (broad SMARTS) is 1. The molecule has 0 aromatic rings. The fraction of sp³-hybridized carbons (Fsp3) is 0.909. The molecule has 1 heterocycles. The molecular formula is C11H21NO3S. The number of aliphatic carboxylic acids is 1. The largest absolute Gasteiger partial charge is 0.480 e. The van der Waals surface area contributed by atoms with E-state index in [4.69, 9.17) is 5.11 Å². The summed E-state index contributed by atoms with van der Waals surface area (Å²) < 4.78 is 11.9. The van der Waals surface area contributed by atoms with E-state index in [1.165, 1.54) is 12.8 Å². The topological polar surface area (TPSA) is 57.6 Å².